The molecular weight excluding hydrogens is 436 g/mol. The van der Waals surface area contributed by atoms with E-state index >= 15 is 0 Å². The summed E-state index contributed by atoms with van der Waals surface area (Å²) in [5.74, 6) is 2.54. The summed E-state index contributed by atoms with van der Waals surface area (Å²) in [5.41, 5.74) is 0.621. The minimum absolute atomic E-state index is 0.0535. The Kier molecular flexibility index (Phi) is 4.76. The number of benzene rings is 3. The zero-order valence-corrected chi connectivity index (χ0v) is 19.0. The molecule has 6 rings (SSSR count). The monoisotopic (exact) mass is 460 g/mol. The van der Waals surface area contributed by atoms with Crippen molar-refractivity contribution in [3.8, 4) is 23.0 Å². The summed E-state index contributed by atoms with van der Waals surface area (Å²) in [6, 6.07) is 11.4. The van der Waals surface area contributed by atoms with E-state index in [2.05, 4.69) is 5.32 Å². The highest BCUT2D eigenvalue weighted by Crippen LogP contribution is 2.41. The standard InChI is InChI=1S/C26H24N2O6/c1-31-20-11-18-16-6-5-15-9-22-23(34-13-33-22)10-17(15)24(16)28(8-7-27-25(29)14-3-4-14)26(30)19(18)12-21(20)32-2/h5-6,9-12,14H,3-4,7-8,13H2,1-2H3,(H,27,29). The van der Waals surface area contributed by atoms with E-state index in [1.165, 1.54) is 0 Å². The van der Waals surface area contributed by atoms with Crippen molar-refractivity contribution in [2.45, 2.75) is 19.4 Å². The van der Waals surface area contributed by atoms with Gasteiger partial charge in [0.1, 0.15) is 0 Å². The van der Waals surface area contributed by atoms with E-state index < -0.39 is 0 Å². The van der Waals surface area contributed by atoms with E-state index in [0.717, 1.165) is 39.9 Å². The Morgan fingerprint density at radius 3 is 2.38 bits per heavy atom. The Morgan fingerprint density at radius 2 is 1.68 bits per heavy atom. The lowest BCUT2D eigenvalue weighted by atomic mass is 10.00. The van der Waals surface area contributed by atoms with Gasteiger partial charge in [-0.2, -0.15) is 0 Å². The normalized spacial score (nSPS) is 14.6. The molecule has 34 heavy (non-hydrogen) atoms. The molecule has 0 atom stereocenters. The van der Waals surface area contributed by atoms with Crippen LogP contribution in [-0.2, 0) is 11.3 Å². The van der Waals surface area contributed by atoms with Crippen LogP contribution in [0.25, 0.3) is 32.4 Å². The van der Waals surface area contributed by atoms with Crippen LogP contribution in [-0.4, -0.2) is 38.0 Å². The van der Waals surface area contributed by atoms with Crippen LogP contribution in [0.5, 0.6) is 23.0 Å². The van der Waals surface area contributed by atoms with Crippen molar-refractivity contribution in [2.24, 2.45) is 5.92 Å². The number of carbonyl (C=O) groups is 1. The van der Waals surface area contributed by atoms with Crippen LogP contribution in [0.1, 0.15) is 12.8 Å². The number of pyridine rings is 1. The highest BCUT2D eigenvalue weighted by atomic mass is 16.7. The number of hydrogen-bond acceptors (Lipinski definition) is 6. The molecule has 1 aromatic heterocycles. The van der Waals surface area contributed by atoms with Crippen LogP contribution in [0, 0.1) is 5.92 Å². The summed E-state index contributed by atoms with van der Waals surface area (Å²) in [6.07, 6.45) is 1.87. The van der Waals surface area contributed by atoms with Crippen LogP contribution in [0.4, 0.5) is 0 Å². The lowest BCUT2D eigenvalue weighted by Gasteiger charge is -2.17. The molecule has 4 aromatic rings. The summed E-state index contributed by atoms with van der Waals surface area (Å²) in [5, 5.41) is 6.99. The number of fused-ring (bicyclic) bond motifs is 6. The summed E-state index contributed by atoms with van der Waals surface area (Å²) in [6.45, 7) is 0.874. The van der Waals surface area contributed by atoms with Gasteiger partial charge in [0.15, 0.2) is 23.0 Å². The predicted molar refractivity (Wildman–Crippen MR) is 128 cm³/mol. The maximum atomic E-state index is 13.8. The number of hydrogen-bond donors (Lipinski definition) is 1. The number of amides is 1. The second-order valence-corrected chi connectivity index (χ2v) is 8.66. The van der Waals surface area contributed by atoms with Crippen molar-refractivity contribution in [2.75, 3.05) is 27.6 Å². The molecule has 3 aromatic carbocycles. The van der Waals surface area contributed by atoms with Gasteiger partial charge in [-0.15, -0.1) is 0 Å². The predicted octanol–water partition coefficient (Wildman–Crippen LogP) is 3.58. The Labute approximate surface area is 195 Å². The van der Waals surface area contributed by atoms with Gasteiger partial charge in [0.2, 0.25) is 12.7 Å². The quantitative estimate of drug-likeness (QED) is 0.443. The number of nitrogens with one attached hydrogen (secondary N) is 1. The van der Waals surface area contributed by atoms with Gasteiger partial charge in [-0.3, -0.25) is 9.59 Å². The average molecular weight is 460 g/mol. The van der Waals surface area contributed by atoms with E-state index in [0.29, 0.717) is 41.5 Å². The maximum absolute atomic E-state index is 13.8. The minimum atomic E-state index is -0.158. The third-order valence-corrected chi connectivity index (χ3v) is 6.63. The highest BCUT2D eigenvalue weighted by Gasteiger charge is 2.29. The minimum Gasteiger partial charge on any atom is -0.493 e. The van der Waals surface area contributed by atoms with Crippen LogP contribution >= 0.6 is 0 Å². The largest absolute Gasteiger partial charge is 0.493 e. The summed E-state index contributed by atoms with van der Waals surface area (Å²) >= 11 is 0. The van der Waals surface area contributed by atoms with E-state index in [1.807, 2.05) is 30.3 Å². The molecule has 1 amide bonds. The molecule has 8 nitrogen and oxygen atoms in total. The number of rotatable bonds is 6. The zero-order valence-electron chi connectivity index (χ0n) is 19.0. The maximum Gasteiger partial charge on any atom is 0.259 e. The fraction of sp³-hybridized carbons (Fsp3) is 0.308. The second kappa shape index (κ2) is 7.83. The molecule has 0 bridgehead atoms. The zero-order chi connectivity index (χ0) is 23.4. The SMILES string of the molecule is COc1cc2c(=O)n(CCNC(=O)C3CC3)c3c4cc5c(cc4ccc3c2cc1OC)OCO5. The molecule has 0 unspecified atom stereocenters. The Morgan fingerprint density at radius 1 is 0.971 bits per heavy atom. The van der Waals surface area contributed by atoms with Gasteiger partial charge >= 0.3 is 0 Å². The molecule has 0 saturated heterocycles. The van der Waals surface area contributed by atoms with Crippen molar-refractivity contribution in [3.63, 3.8) is 0 Å². The molecular formula is C26H24N2O6. The molecule has 1 saturated carbocycles. The fourth-order valence-corrected chi connectivity index (χ4v) is 4.73. The van der Waals surface area contributed by atoms with Crippen LogP contribution in [0.15, 0.2) is 41.2 Å². The summed E-state index contributed by atoms with van der Waals surface area (Å²) in [4.78, 5) is 26.0. The van der Waals surface area contributed by atoms with Crippen molar-refractivity contribution in [3.05, 3.63) is 46.8 Å². The number of aromatic nitrogens is 1. The smallest absolute Gasteiger partial charge is 0.259 e. The average Bonchev–Trinajstić information content (AvgIpc) is 3.61. The molecule has 0 spiro atoms. The Balaban J connectivity index is 1.62. The topological polar surface area (TPSA) is 88.0 Å². The Hall–Kier alpha value is -3.94. The third kappa shape index (κ3) is 3.21. The molecule has 2 heterocycles. The van der Waals surface area contributed by atoms with Gasteiger partial charge in [-0.05, 0) is 42.5 Å². The van der Waals surface area contributed by atoms with E-state index in [9.17, 15) is 9.59 Å². The van der Waals surface area contributed by atoms with Crippen molar-refractivity contribution < 1.29 is 23.7 Å². The second-order valence-electron chi connectivity index (χ2n) is 8.66. The summed E-state index contributed by atoms with van der Waals surface area (Å²) in [7, 11) is 3.12. The van der Waals surface area contributed by atoms with Gasteiger partial charge in [0, 0.05) is 35.2 Å². The first-order valence-electron chi connectivity index (χ1n) is 11.3. The summed E-state index contributed by atoms with van der Waals surface area (Å²) < 4.78 is 23.9. The lowest BCUT2D eigenvalue weighted by molar-refractivity contribution is -0.122. The number of carbonyl (C=O) groups excluding carboxylic acids is 1. The van der Waals surface area contributed by atoms with Crippen molar-refractivity contribution >= 4 is 38.4 Å². The van der Waals surface area contributed by atoms with Crippen molar-refractivity contribution in [1.29, 1.82) is 0 Å². The molecule has 1 N–H and O–H groups in total. The molecule has 2 aliphatic rings. The van der Waals surface area contributed by atoms with E-state index in [-0.39, 0.29) is 24.2 Å². The third-order valence-electron chi connectivity index (χ3n) is 6.63. The van der Waals surface area contributed by atoms with Gasteiger partial charge in [-0.1, -0.05) is 12.1 Å². The molecule has 174 valence electrons. The van der Waals surface area contributed by atoms with Gasteiger partial charge < -0.3 is 28.8 Å². The van der Waals surface area contributed by atoms with Crippen LogP contribution in [0.2, 0.25) is 0 Å². The Bertz CT molecular complexity index is 1540. The molecule has 8 heteroatoms. The highest BCUT2D eigenvalue weighted by molar-refractivity contribution is 6.16. The first kappa shape index (κ1) is 20.7. The molecule has 1 fully saturated rings. The molecule has 1 aliphatic carbocycles. The molecule has 0 radical (unpaired) electrons. The number of ether oxygens (including phenoxy) is 4. The van der Waals surface area contributed by atoms with Gasteiger partial charge in [0.25, 0.3) is 5.56 Å². The number of nitrogens with zero attached hydrogens (tertiary/aromatic N) is 1. The first-order chi connectivity index (χ1) is 16.6. The first-order valence-corrected chi connectivity index (χ1v) is 11.3. The van der Waals surface area contributed by atoms with Crippen LogP contribution in [0.3, 0.4) is 0 Å². The lowest BCUT2D eigenvalue weighted by Crippen LogP contribution is -2.32. The van der Waals surface area contributed by atoms with E-state index in [1.54, 1.807) is 24.9 Å². The van der Waals surface area contributed by atoms with Crippen molar-refractivity contribution in [1.82, 2.24) is 9.88 Å². The number of methoxy groups -OCH3 is 2. The van der Waals surface area contributed by atoms with Crippen LogP contribution < -0.4 is 29.8 Å². The van der Waals surface area contributed by atoms with E-state index in [4.69, 9.17) is 18.9 Å². The molecule has 1 aliphatic heterocycles. The van der Waals surface area contributed by atoms with Gasteiger partial charge in [0.05, 0.1) is 25.1 Å². The fourth-order valence-electron chi connectivity index (χ4n) is 4.73. The van der Waals surface area contributed by atoms with Gasteiger partial charge in [-0.25, -0.2) is 0 Å².